The van der Waals surface area contributed by atoms with E-state index in [9.17, 15) is 18.4 Å². The van der Waals surface area contributed by atoms with Crippen LogP contribution in [0.3, 0.4) is 0 Å². The van der Waals surface area contributed by atoms with Gasteiger partial charge in [0.25, 0.3) is 0 Å². The molecule has 0 atom stereocenters. The quantitative estimate of drug-likeness (QED) is 0.444. The van der Waals surface area contributed by atoms with Gasteiger partial charge in [-0.15, -0.1) is 0 Å². The van der Waals surface area contributed by atoms with Gasteiger partial charge in [-0.3, -0.25) is 9.78 Å². The molecule has 5 fully saturated rings. The zero-order valence-corrected chi connectivity index (χ0v) is 28.6. The first-order valence-corrected chi connectivity index (χ1v) is 13.5. The van der Waals surface area contributed by atoms with Crippen molar-refractivity contribution >= 4 is 17.6 Å². The van der Waals surface area contributed by atoms with Crippen LogP contribution in [-0.4, -0.2) is 52.9 Å². The molecule has 2 heterocycles. The Morgan fingerprint density at radius 3 is 1.93 bits per heavy atom. The number of hydrogen-bond donors (Lipinski definition) is 1. The second kappa shape index (κ2) is 14.9. The Kier molecular flexibility index (Phi) is 13.2. The molecule has 1 N–H and O–H groups in total. The third-order valence-electron chi connectivity index (χ3n) is 9.28. The number of likely N-dealkylation sites (tertiary alicyclic amines) is 1. The first kappa shape index (κ1) is 36.5. The van der Waals surface area contributed by atoms with E-state index < -0.39 is 11.6 Å². The fourth-order valence-corrected chi connectivity index (χ4v) is 7.88. The monoisotopic (exact) mass is 712 g/mol. The van der Waals surface area contributed by atoms with Crippen molar-refractivity contribution in [3.05, 3.63) is 48.2 Å². The van der Waals surface area contributed by atoms with Gasteiger partial charge in [0.1, 0.15) is 11.6 Å². The minimum absolute atomic E-state index is 0. The molecule has 2 aromatic rings. The van der Waals surface area contributed by atoms with Crippen LogP contribution in [0, 0.1) is 34.8 Å². The second-order valence-corrected chi connectivity index (χ2v) is 11.9. The Morgan fingerprint density at radius 1 is 0.902 bits per heavy atom. The molecule has 12 heteroatoms. The van der Waals surface area contributed by atoms with E-state index in [4.69, 9.17) is 0 Å². The average Bonchev–Trinajstić information content (AvgIpc) is 2.87. The molecule has 6 nitrogen and oxygen atoms in total. The van der Waals surface area contributed by atoms with E-state index in [0.717, 1.165) is 55.9 Å². The van der Waals surface area contributed by atoms with E-state index in [1.807, 2.05) is 0 Å². The summed E-state index contributed by atoms with van der Waals surface area (Å²) >= 11 is 0. The van der Waals surface area contributed by atoms with Crippen molar-refractivity contribution in [1.82, 2.24) is 14.8 Å². The SMILES string of the molecule is CN(C(=O)Nc1ccc(-c2cc(F)cc(F)c2)nc1)C1CCN(C(=O)C23CC4CC(CC(C4)C2)C3)CC1.[V].[V].[V].[V]. The summed E-state index contributed by atoms with van der Waals surface area (Å²) in [4.78, 5) is 34.6. The molecule has 0 unspecified atom stereocenters. The van der Waals surface area contributed by atoms with E-state index in [-0.39, 0.29) is 91.7 Å². The van der Waals surface area contributed by atoms with Crippen molar-refractivity contribution in [1.29, 1.82) is 0 Å². The Balaban J connectivity index is 0.00000147. The van der Waals surface area contributed by atoms with Crippen molar-refractivity contribution in [3.63, 3.8) is 0 Å². The molecule has 4 saturated carbocycles. The fraction of sp³-hybridized carbons (Fsp3) is 0.552. The van der Waals surface area contributed by atoms with Gasteiger partial charge in [0, 0.05) is 112 Å². The van der Waals surface area contributed by atoms with Gasteiger partial charge in [0.15, 0.2) is 0 Å². The van der Waals surface area contributed by atoms with Crippen molar-refractivity contribution in [3.8, 4) is 11.3 Å². The van der Waals surface area contributed by atoms with Crippen LogP contribution in [0.25, 0.3) is 11.3 Å². The van der Waals surface area contributed by atoms with E-state index in [1.165, 1.54) is 37.6 Å². The summed E-state index contributed by atoms with van der Waals surface area (Å²) in [6, 6.07) is 6.37. The van der Waals surface area contributed by atoms with E-state index in [1.54, 1.807) is 24.1 Å². The normalized spacial score (nSPS) is 26.0. The first-order chi connectivity index (χ1) is 17.8. The summed E-state index contributed by atoms with van der Waals surface area (Å²) in [7, 11) is 1.79. The molecular weight excluding hydrogens is 678 g/mol. The maximum Gasteiger partial charge on any atom is 0.321 e. The van der Waals surface area contributed by atoms with Gasteiger partial charge in [-0.1, -0.05) is 0 Å². The Hall–Kier alpha value is -0.692. The van der Waals surface area contributed by atoms with Crippen LogP contribution in [0.5, 0.6) is 0 Å². The van der Waals surface area contributed by atoms with Crippen LogP contribution >= 0.6 is 0 Å². The van der Waals surface area contributed by atoms with Crippen molar-refractivity contribution in [2.45, 2.75) is 57.4 Å². The number of rotatable bonds is 4. The van der Waals surface area contributed by atoms with E-state index in [2.05, 4.69) is 15.2 Å². The van der Waals surface area contributed by atoms with Gasteiger partial charge < -0.3 is 15.1 Å². The molecule has 4 bridgehead atoms. The first-order valence-electron chi connectivity index (χ1n) is 13.5. The van der Waals surface area contributed by atoms with Gasteiger partial charge >= 0.3 is 6.03 Å². The summed E-state index contributed by atoms with van der Waals surface area (Å²) in [5.74, 6) is 1.30. The van der Waals surface area contributed by atoms with Crippen LogP contribution < -0.4 is 5.32 Å². The molecule has 216 valence electrons. The smallest absolute Gasteiger partial charge is 0.321 e. The number of benzene rings is 1. The Morgan fingerprint density at radius 2 is 1.44 bits per heavy atom. The minimum Gasteiger partial charge on any atom is -0.342 e. The van der Waals surface area contributed by atoms with Crippen LogP contribution in [0.1, 0.15) is 51.4 Å². The number of pyridine rings is 1. The summed E-state index contributed by atoms with van der Waals surface area (Å²) in [6.45, 7) is 1.40. The molecule has 1 aliphatic heterocycles. The van der Waals surface area contributed by atoms with E-state index in [0.29, 0.717) is 35.9 Å². The molecule has 3 amide bonds. The van der Waals surface area contributed by atoms with Gasteiger partial charge in [0.05, 0.1) is 23.0 Å². The molecule has 4 radical (unpaired) electrons. The zero-order valence-electron chi connectivity index (χ0n) is 23.0. The molecule has 5 aliphatic rings. The molecule has 7 rings (SSSR count). The average molecular weight is 712 g/mol. The van der Waals surface area contributed by atoms with Gasteiger partial charge in [-0.2, -0.15) is 0 Å². The van der Waals surface area contributed by atoms with Crippen LogP contribution in [-0.2, 0) is 79.0 Å². The number of carbonyl (C=O) groups excluding carboxylic acids is 2. The predicted molar refractivity (Wildman–Crippen MR) is 137 cm³/mol. The van der Waals surface area contributed by atoms with Gasteiger partial charge in [0.2, 0.25) is 5.91 Å². The largest absolute Gasteiger partial charge is 0.342 e. The molecular formula is C29H34F2N4O2V4. The second-order valence-electron chi connectivity index (χ2n) is 11.9. The number of aromatic nitrogens is 1. The van der Waals surface area contributed by atoms with Gasteiger partial charge in [-0.25, -0.2) is 13.6 Å². The molecule has 1 saturated heterocycles. The summed E-state index contributed by atoms with van der Waals surface area (Å²) in [6.07, 6.45) is 10.3. The maximum absolute atomic E-state index is 13.7. The minimum atomic E-state index is -0.665. The number of amides is 3. The van der Waals surface area contributed by atoms with E-state index >= 15 is 0 Å². The number of piperidine rings is 1. The third kappa shape index (κ3) is 7.70. The summed E-state index contributed by atoms with van der Waals surface area (Å²) in [5, 5.41) is 2.86. The number of anilines is 1. The molecule has 41 heavy (non-hydrogen) atoms. The number of nitrogens with zero attached hydrogens (tertiary/aromatic N) is 3. The summed E-state index contributed by atoms with van der Waals surface area (Å²) < 4.78 is 27.0. The Labute approximate surface area is 288 Å². The van der Waals surface area contributed by atoms with Gasteiger partial charge in [-0.05, 0) is 93.4 Å². The molecule has 1 aromatic carbocycles. The maximum atomic E-state index is 13.7. The zero-order chi connectivity index (χ0) is 25.7. The summed E-state index contributed by atoms with van der Waals surface area (Å²) in [5.41, 5.74) is 1.15. The number of nitrogens with one attached hydrogen (secondary N) is 1. The number of halogens is 2. The topological polar surface area (TPSA) is 65.5 Å². The third-order valence-corrected chi connectivity index (χ3v) is 9.28. The molecule has 1 aromatic heterocycles. The van der Waals surface area contributed by atoms with Crippen LogP contribution in [0.2, 0.25) is 0 Å². The van der Waals surface area contributed by atoms with Crippen molar-refractivity contribution < 1.29 is 92.6 Å². The number of hydrogen-bond acceptors (Lipinski definition) is 3. The predicted octanol–water partition coefficient (Wildman–Crippen LogP) is 5.69. The molecule has 0 spiro atoms. The van der Waals surface area contributed by atoms with Crippen molar-refractivity contribution in [2.75, 3.05) is 25.5 Å². The van der Waals surface area contributed by atoms with Crippen molar-refractivity contribution in [2.24, 2.45) is 23.2 Å². The fourth-order valence-electron chi connectivity index (χ4n) is 7.88. The van der Waals surface area contributed by atoms with Crippen LogP contribution in [0.4, 0.5) is 19.3 Å². The number of urea groups is 1. The Bertz CT molecular complexity index is 1160. The van der Waals surface area contributed by atoms with Crippen LogP contribution in [0.15, 0.2) is 36.5 Å². The number of carbonyl (C=O) groups is 2. The molecule has 4 aliphatic carbocycles. The standard InChI is InChI=1S/C29H34F2N4O2.4V/c1-34(28(37)33-24-2-3-26(32-17-24)21-11-22(30)13-23(31)12-21)25-4-6-35(7-5-25)27(36)29-14-18-8-19(15-29)10-20(9-18)16-29;;;;/h2-3,11-13,17-20,25H,4-10,14-16H2,1H3,(H,33,37);;;;.